The number of alkyl halides is 3. The van der Waals surface area contributed by atoms with Gasteiger partial charge in [-0.15, -0.1) is 18.3 Å². The number of carbonyl (C=O) groups is 1. The van der Waals surface area contributed by atoms with Crippen molar-refractivity contribution < 1.29 is 27.4 Å². The second-order valence-corrected chi connectivity index (χ2v) is 5.16. The first kappa shape index (κ1) is 18.2. The molecule has 0 unspecified atom stereocenters. The summed E-state index contributed by atoms with van der Waals surface area (Å²) in [6.45, 7) is -0.273. The van der Waals surface area contributed by atoms with Gasteiger partial charge in [0.2, 0.25) is 0 Å². The first-order valence-electron chi connectivity index (χ1n) is 7.51. The number of nitrogens with zero attached hydrogens (tertiary/aromatic N) is 4. The van der Waals surface area contributed by atoms with Crippen LogP contribution in [0.3, 0.4) is 0 Å². The van der Waals surface area contributed by atoms with Crippen LogP contribution in [0.15, 0.2) is 54.9 Å². The lowest BCUT2D eigenvalue weighted by Gasteiger charge is -2.10. The lowest BCUT2D eigenvalue weighted by atomic mass is 10.3. The Morgan fingerprint density at radius 2 is 1.70 bits per heavy atom. The Kier molecular flexibility index (Phi) is 5.20. The van der Waals surface area contributed by atoms with Crippen LogP contribution in [0, 0.1) is 0 Å². The van der Waals surface area contributed by atoms with Gasteiger partial charge in [0.25, 0.3) is 5.91 Å². The van der Waals surface area contributed by atoms with E-state index in [0.29, 0.717) is 11.4 Å². The van der Waals surface area contributed by atoms with E-state index in [-0.39, 0.29) is 12.4 Å². The lowest BCUT2D eigenvalue weighted by Crippen LogP contribution is -2.20. The molecule has 2 aromatic carbocycles. The number of amides is 1. The van der Waals surface area contributed by atoms with Crippen LogP contribution in [-0.2, 0) is 4.79 Å². The molecule has 27 heavy (non-hydrogen) atoms. The van der Waals surface area contributed by atoms with Crippen molar-refractivity contribution in [3.63, 3.8) is 0 Å². The number of tetrazole rings is 1. The van der Waals surface area contributed by atoms with E-state index < -0.39 is 12.3 Å². The van der Waals surface area contributed by atoms with Crippen LogP contribution in [0.1, 0.15) is 0 Å². The van der Waals surface area contributed by atoms with Crippen molar-refractivity contribution in [2.75, 3.05) is 11.9 Å². The van der Waals surface area contributed by atoms with Gasteiger partial charge in [-0.05, 0) is 59.0 Å². The lowest BCUT2D eigenvalue weighted by molar-refractivity contribution is -0.274. The van der Waals surface area contributed by atoms with Gasteiger partial charge in [0.1, 0.15) is 17.8 Å². The van der Waals surface area contributed by atoms with E-state index in [2.05, 4.69) is 25.6 Å². The number of benzene rings is 2. The van der Waals surface area contributed by atoms with Crippen LogP contribution in [0.25, 0.3) is 5.69 Å². The fourth-order valence-electron chi connectivity index (χ4n) is 2.06. The molecule has 0 atom stereocenters. The van der Waals surface area contributed by atoms with Gasteiger partial charge in [0.05, 0.1) is 5.69 Å². The molecular weight excluding hydrogens is 367 g/mol. The van der Waals surface area contributed by atoms with Crippen molar-refractivity contribution >= 4 is 11.6 Å². The predicted octanol–water partition coefficient (Wildman–Crippen LogP) is 2.58. The number of carbonyl (C=O) groups excluding carboxylic acids is 1. The quantitative estimate of drug-likeness (QED) is 0.708. The fraction of sp³-hybridized carbons (Fsp3) is 0.125. The minimum atomic E-state index is -4.77. The summed E-state index contributed by atoms with van der Waals surface area (Å²) in [4.78, 5) is 11.9. The van der Waals surface area contributed by atoms with Crippen molar-refractivity contribution in [3.8, 4) is 17.2 Å². The Balaban J connectivity index is 1.49. The van der Waals surface area contributed by atoms with Gasteiger partial charge in [0.15, 0.2) is 6.61 Å². The maximum Gasteiger partial charge on any atom is 0.573 e. The van der Waals surface area contributed by atoms with Crippen molar-refractivity contribution in [3.05, 3.63) is 54.9 Å². The summed E-state index contributed by atoms with van der Waals surface area (Å²) in [6.07, 6.45) is -3.33. The van der Waals surface area contributed by atoms with Gasteiger partial charge < -0.3 is 14.8 Å². The van der Waals surface area contributed by atoms with E-state index in [1.54, 1.807) is 24.3 Å². The van der Waals surface area contributed by atoms with E-state index in [1.807, 2.05) is 0 Å². The molecule has 1 N–H and O–H groups in total. The molecule has 0 radical (unpaired) electrons. The van der Waals surface area contributed by atoms with Crippen molar-refractivity contribution in [1.82, 2.24) is 20.2 Å². The Morgan fingerprint density at radius 1 is 1.04 bits per heavy atom. The maximum absolute atomic E-state index is 12.1. The highest BCUT2D eigenvalue weighted by Crippen LogP contribution is 2.24. The van der Waals surface area contributed by atoms with Crippen LogP contribution < -0.4 is 14.8 Å². The summed E-state index contributed by atoms with van der Waals surface area (Å²) in [7, 11) is 0. The Labute approximate surface area is 150 Å². The fourth-order valence-corrected chi connectivity index (χ4v) is 2.06. The largest absolute Gasteiger partial charge is 0.573 e. The summed E-state index contributed by atoms with van der Waals surface area (Å²) in [5, 5.41) is 13.3. The number of hydrogen-bond donors (Lipinski definition) is 1. The SMILES string of the molecule is O=C(COc1ccc(-n2cnnn2)cc1)Nc1ccc(OC(F)(F)F)cc1. The standard InChI is InChI=1S/C16H12F3N5O3/c17-16(18,19)27-14-5-1-11(2-6-14)21-15(25)9-26-13-7-3-12(4-8-13)24-10-20-22-23-24/h1-8,10H,9H2,(H,21,25). The van der Waals surface area contributed by atoms with Crippen molar-refractivity contribution in [1.29, 1.82) is 0 Å². The van der Waals surface area contributed by atoms with Gasteiger partial charge in [-0.25, -0.2) is 4.68 Å². The number of hydrogen-bond acceptors (Lipinski definition) is 6. The topological polar surface area (TPSA) is 91.2 Å². The maximum atomic E-state index is 12.1. The summed E-state index contributed by atoms with van der Waals surface area (Å²) >= 11 is 0. The highest BCUT2D eigenvalue weighted by atomic mass is 19.4. The molecule has 0 fully saturated rings. The second-order valence-electron chi connectivity index (χ2n) is 5.16. The molecule has 0 saturated heterocycles. The molecule has 0 aliphatic heterocycles. The Bertz CT molecular complexity index is 881. The van der Waals surface area contributed by atoms with E-state index in [0.717, 1.165) is 17.8 Å². The molecule has 3 aromatic rings. The highest BCUT2D eigenvalue weighted by Gasteiger charge is 2.30. The van der Waals surface area contributed by atoms with E-state index in [1.165, 1.54) is 23.1 Å². The molecule has 0 saturated carbocycles. The molecule has 3 rings (SSSR count). The normalized spacial score (nSPS) is 11.1. The third kappa shape index (κ3) is 5.42. The molecule has 1 aromatic heterocycles. The average molecular weight is 379 g/mol. The molecule has 8 nitrogen and oxygen atoms in total. The molecular formula is C16H12F3N5O3. The van der Waals surface area contributed by atoms with Gasteiger partial charge in [0, 0.05) is 5.69 Å². The average Bonchev–Trinajstić information content (AvgIpc) is 3.16. The highest BCUT2D eigenvalue weighted by molar-refractivity contribution is 5.91. The van der Waals surface area contributed by atoms with E-state index in [4.69, 9.17) is 4.74 Å². The number of aromatic nitrogens is 4. The third-order valence-electron chi connectivity index (χ3n) is 3.19. The number of anilines is 1. The van der Waals surface area contributed by atoms with Crippen molar-refractivity contribution in [2.45, 2.75) is 6.36 Å². The zero-order valence-corrected chi connectivity index (χ0v) is 13.6. The van der Waals surface area contributed by atoms with Crippen LogP contribution in [-0.4, -0.2) is 39.1 Å². The van der Waals surface area contributed by atoms with Gasteiger partial charge >= 0.3 is 6.36 Å². The monoisotopic (exact) mass is 379 g/mol. The van der Waals surface area contributed by atoms with Gasteiger partial charge in [-0.2, -0.15) is 0 Å². The third-order valence-corrected chi connectivity index (χ3v) is 3.19. The zero-order valence-electron chi connectivity index (χ0n) is 13.6. The number of nitrogens with one attached hydrogen (secondary N) is 1. The van der Waals surface area contributed by atoms with Crippen LogP contribution in [0.4, 0.5) is 18.9 Å². The zero-order chi connectivity index (χ0) is 19.3. The van der Waals surface area contributed by atoms with E-state index in [9.17, 15) is 18.0 Å². The summed E-state index contributed by atoms with van der Waals surface area (Å²) in [5.41, 5.74) is 1.03. The molecule has 1 heterocycles. The van der Waals surface area contributed by atoms with Gasteiger partial charge in [-0.1, -0.05) is 0 Å². The number of ether oxygens (including phenoxy) is 2. The molecule has 0 aliphatic carbocycles. The first-order valence-corrected chi connectivity index (χ1v) is 7.51. The van der Waals surface area contributed by atoms with Crippen LogP contribution in [0.2, 0.25) is 0 Å². The minimum absolute atomic E-state index is 0.273. The summed E-state index contributed by atoms with van der Waals surface area (Å²) in [5.74, 6) is -0.389. The molecule has 11 heteroatoms. The molecule has 1 amide bonds. The van der Waals surface area contributed by atoms with E-state index >= 15 is 0 Å². The minimum Gasteiger partial charge on any atom is -0.484 e. The molecule has 0 spiro atoms. The Morgan fingerprint density at radius 3 is 2.30 bits per heavy atom. The van der Waals surface area contributed by atoms with Crippen LogP contribution in [0.5, 0.6) is 11.5 Å². The van der Waals surface area contributed by atoms with Gasteiger partial charge in [-0.3, -0.25) is 4.79 Å². The summed E-state index contributed by atoms with van der Waals surface area (Å²) < 4.78 is 46.9. The molecule has 0 aliphatic rings. The smallest absolute Gasteiger partial charge is 0.484 e. The van der Waals surface area contributed by atoms with Crippen molar-refractivity contribution in [2.24, 2.45) is 0 Å². The summed E-state index contributed by atoms with van der Waals surface area (Å²) in [6, 6.07) is 11.5. The molecule has 140 valence electrons. The predicted molar refractivity (Wildman–Crippen MR) is 86.4 cm³/mol. The Hall–Kier alpha value is -3.63. The number of halogens is 3. The van der Waals surface area contributed by atoms with Crippen LogP contribution >= 0.6 is 0 Å². The first-order chi connectivity index (χ1) is 12.9. The molecule has 0 bridgehead atoms. The number of rotatable bonds is 6. The second kappa shape index (κ2) is 7.72.